The van der Waals surface area contributed by atoms with Gasteiger partial charge in [0, 0.05) is 12.6 Å². The first-order valence-corrected chi connectivity index (χ1v) is 6.50. The van der Waals surface area contributed by atoms with Crippen molar-refractivity contribution in [3.05, 3.63) is 11.1 Å². The monoisotopic (exact) mass is 214 g/mol. The van der Waals surface area contributed by atoms with Gasteiger partial charge in [0.1, 0.15) is 5.55 Å². The van der Waals surface area contributed by atoms with Gasteiger partial charge in [0.2, 0.25) is 9.84 Å². The van der Waals surface area contributed by atoms with Crippen molar-refractivity contribution in [1.82, 2.24) is 5.32 Å². The van der Waals surface area contributed by atoms with Gasteiger partial charge < -0.3 is 5.32 Å². The molecule has 5 heteroatoms. The van der Waals surface area contributed by atoms with Gasteiger partial charge in [-0.1, -0.05) is 12.8 Å². The normalized spacial score (nSPS) is 25.6. The minimum absolute atomic E-state index is 0.550. The molecule has 2 aliphatic rings. The Morgan fingerprint density at radius 1 is 1.43 bits per heavy atom. The van der Waals surface area contributed by atoms with Crippen LogP contribution in [0, 0.1) is 0 Å². The molecule has 1 N–H and O–H groups in total. The second-order valence-corrected chi connectivity index (χ2v) is 5.42. The molecule has 0 bridgehead atoms. The molecule has 0 aromatic heterocycles. The number of nitrogens with zero attached hydrogens (tertiary/aromatic N) is 1. The Labute approximate surface area is 84.0 Å². The van der Waals surface area contributed by atoms with Crippen molar-refractivity contribution < 1.29 is 8.42 Å². The van der Waals surface area contributed by atoms with Gasteiger partial charge >= 0.3 is 0 Å². The van der Waals surface area contributed by atoms with Crippen molar-refractivity contribution in [1.29, 1.82) is 0 Å². The van der Waals surface area contributed by atoms with Gasteiger partial charge in [0.25, 0.3) is 0 Å². The molecule has 0 spiro atoms. The summed E-state index contributed by atoms with van der Waals surface area (Å²) in [6, 6.07) is 0.550. The molecule has 0 amide bonds. The van der Waals surface area contributed by atoms with Crippen LogP contribution in [0.15, 0.2) is 16.1 Å². The lowest BCUT2D eigenvalue weighted by Crippen LogP contribution is -2.27. The fourth-order valence-electron chi connectivity index (χ4n) is 1.86. The summed E-state index contributed by atoms with van der Waals surface area (Å²) in [5, 5.41) is 4.55. The molecule has 1 fully saturated rings. The molecule has 1 aliphatic heterocycles. The average molecular weight is 214 g/mol. The van der Waals surface area contributed by atoms with Crippen molar-refractivity contribution in [3.63, 3.8) is 0 Å². The number of sulfone groups is 1. The maximum atomic E-state index is 11.0. The Kier molecular flexibility index (Phi) is 2.69. The van der Waals surface area contributed by atoms with Crippen molar-refractivity contribution in [2.24, 2.45) is 4.99 Å². The van der Waals surface area contributed by atoms with E-state index in [1.165, 1.54) is 31.1 Å². The highest BCUT2D eigenvalue weighted by Crippen LogP contribution is 2.18. The zero-order valence-corrected chi connectivity index (χ0v) is 8.76. The van der Waals surface area contributed by atoms with Gasteiger partial charge in [0.05, 0.1) is 11.1 Å². The van der Waals surface area contributed by atoms with Crippen molar-refractivity contribution in [2.45, 2.75) is 31.7 Å². The number of hydrogen-bond acceptors (Lipinski definition) is 4. The third kappa shape index (κ3) is 2.42. The Hall–Kier alpha value is -0.680. The van der Waals surface area contributed by atoms with Gasteiger partial charge in [-0.3, -0.25) is 0 Å². The standard InChI is InChI=1S/C9H14N2O2S/c12-14(13)6-9(11-7-14)5-10-8-3-1-2-4-8/h6-8,10H,1-5H2. The molecule has 1 aliphatic carbocycles. The highest BCUT2D eigenvalue weighted by Gasteiger charge is 2.17. The fourth-order valence-corrected chi connectivity index (χ4v) is 2.72. The minimum atomic E-state index is -3.13. The Morgan fingerprint density at radius 2 is 2.14 bits per heavy atom. The van der Waals surface area contributed by atoms with Gasteiger partial charge in [0.15, 0.2) is 0 Å². The van der Waals surface area contributed by atoms with E-state index in [1.54, 1.807) is 0 Å². The molecule has 0 saturated heterocycles. The van der Waals surface area contributed by atoms with Crippen molar-refractivity contribution in [2.75, 3.05) is 6.54 Å². The van der Waals surface area contributed by atoms with E-state index in [2.05, 4.69) is 10.3 Å². The maximum Gasteiger partial charge on any atom is 0.211 e. The smallest absolute Gasteiger partial charge is 0.211 e. The SMILES string of the molecule is O=S1(=O)C=NC(CNC2CCCC2)=C1. The summed E-state index contributed by atoms with van der Waals surface area (Å²) in [6.07, 6.45) is 4.95. The zero-order valence-electron chi connectivity index (χ0n) is 7.94. The summed E-state index contributed by atoms with van der Waals surface area (Å²) < 4.78 is 22.0. The van der Waals surface area contributed by atoms with E-state index in [1.807, 2.05) is 0 Å². The first kappa shape index (κ1) is 9.86. The number of nitrogens with one attached hydrogen (secondary N) is 1. The summed E-state index contributed by atoms with van der Waals surface area (Å²) in [6.45, 7) is 0.570. The van der Waals surface area contributed by atoms with Gasteiger partial charge in [-0.2, -0.15) is 0 Å². The molecule has 1 saturated carbocycles. The van der Waals surface area contributed by atoms with E-state index in [0.29, 0.717) is 18.3 Å². The molecule has 14 heavy (non-hydrogen) atoms. The largest absolute Gasteiger partial charge is 0.308 e. The topological polar surface area (TPSA) is 58.5 Å². The lowest BCUT2D eigenvalue weighted by atomic mass is 10.2. The van der Waals surface area contributed by atoms with Crippen LogP contribution in [0.4, 0.5) is 0 Å². The molecule has 0 atom stereocenters. The van der Waals surface area contributed by atoms with Crippen LogP contribution in [0.25, 0.3) is 0 Å². The molecular formula is C9H14N2O2S. The summed E-state index contributed by atoms with van der Waals surface area (Å²) in [4.78, 5) is 3.84. The molecular weight excluding hydrogens is 200 g/mol. The molecule has 0 unspecified atom stereocenters. The van der Waals surface area contributed by atoms with E-state index in [-0.39, 0.29) is 0 Å². The lowest BCUT2D eigenvalue weighted by molar-refractivity contribution is 0.548. The third-order valence-corrected chi connectivity index (χ3v) is 3.59. The van der Waals surface area contributed by atoms with E-state index >= 15 is 0 Å². The number of rotatable bonds is 3. The van der Waals surface area contributed by atoms with Gasteiger partial charge in [-0.05, 0) is 12.8 Å². The molecule has 4 nitrogen and oxygen atoms in total. The Morgan fingerprint density at radius 3 is 2.71 bits per heavy atom. The average Bonchev–Trinajstić information content (AvgIpc) is 2.70. The second-order valence-electron chi connectivity index (χ2n) is 3.80. The predicted molar refractivity (Wildman–Crippen MR) is 55.8 cm³/mol. The van der Waals surface area contributed by atoms with E-state index in [9.17, 15) is 8.42 Å². The summed E-state index contributed by atoms with van der Waals surface area (Å²) in [7, 11) is -3.13. The van der Waals surface area contributed by atoms with Gasteiger partial charge in [-0.25, -0.2) is 13.4 Å². The van der Waals surface area contributed by atoms with Crippen LogP contribution in [0.2, 0.25) is 0 Å². The lowest BCUT2D eigenvalue weighted by Gasteiger charge is -2.10. The number of aliphatic imine (C=N–C) groups is 1. The maximum absolute atomic E-state index is 11.0. The second kappa shape index (κ2) is 3.82. The Balaban J connectivity index is 1.85. The van der Waals surface area contributed by atoms with Gasteiger partial charge in [-0.15, -0.1) is 0 Å². The molecule has 78 valence electrons. The molecule has 2 rings (SSSR count). The van der Waals surface area contributed by atoms with Crippen LogP contribution in [-0.4, -0.2) is 26.6 Å². The number of hydrogen-bond donors (Lipinski definition) is 1. The summed E-state index contributed by atoms with van der Waals surface area (Å²) in [5.74, 6) is 0. The van der Waals surface area contributed by atoms with Crippen LogP contribution in [-0.2, 0) is 9.84 Å². The summed E-state index contributed by atoms with van der Waals surface area (Å²) in [5.41, 5.74) is 1.63. The van der Waals surface area contributed by atoms with Crippen LogP contribution < -0.4 is 5.32 Å². The molecule has 1 heterocycles. The zero-order chi connectivity index (χ0) is 10.0. The molecule has 0 aromatic carbocycles. The first-order chi connectivity index (χ1) is 6.66. The van der Waals surface area contributed by atoms with E-state index in [4.69, 9.17) is 0 Å². The highest BCUT2D eigenvalue weighted by molar-refractivity contribution is 8.07. The highest BCUT2D eigenvalue weighted by atomic mass is 32.2. The Bertz CT molecular complexity index is 364. The molecule has 0 aromatic rings. The van der Waals surface area contributed by atoms with Crippen LogP contribution in [0.5, 0.6) is 0 Å². The quantitative estimate of drug-likeness (QED) is 0.756. The minimum Gasteiger partial charge on any atom is -0.308 e. The summed E-state index contributed by atoms with van der Waals surface area (Å²) >= 11 is 0. The van der Waals surface area contributed by atoms with E-state index < -0.39 is 9.84 Å². The van der Waals surface area contributed by atoms with Crippen molar-refractivity contribution >= 4 is 15.4 Å². The predicted octanol–water partition coefficient (Wildman–Crippen LogP) is 0.817. The molecule has 0 radical (unpaired) electrons. The van der Waals surface area contributed by atoms with Crippen LogP contribution in [0.3, 0.4) is 0 Å². The fraction of sp³-hybridized carbons (Fsp3) is 0.667. The van der Waals surface area contributed by atoms with Crippen LogP contribution in [0.1, 0.15) is 25.7 Å². The first-order valence-electron chi connectivity index (χ1n) is 4.89. The van der Waals surface area contributed by atoms with E-state index in [0.717, 1.165) is 5.55 Å². The van der Waals surface area contributed by atoms with Crippen LogP contribution >= 0.6 is 0 Å². The third-order valence-electron chi connectivity index (χ3n) is 2.59. The van der Waals surface area contributed by atoms with Crippen molar-refractivity contribution in [3.8, 4) is 0 Å².